The van der Waals surface area contributed by atoms with Crippen molar-refractivity contribution in [3.05, 3.63) is 62.5 Å². The molecule has 0 atom stereocenters. The molecule has 1 amide bonds. The molecule has 0 radical (unpaired) electrons. The van der Waals surface area contributed by atoms with Crippen LogP contribution in [0.2, 0.25) is 5.02 Å². The second kappa shape index (κ2) is 5.80. The molecular weight excluding hydrogens is 296 g/mol. The van der Waals surface area contributed by atoms with Crippen LogP contribution >= 0.6 is 11.6 Å². The van der Waals surface area contributed by atoms with Crippen molar-refractivity contribution in [3.63, 3.8) is 0 Å². The van der Waals surface area contributed by atoms with Crippen LogP contribution in [0.3, 0.4) is 0 Å². The Labute approximate surface area is 124 Å². The number of aromatic amines is 1. The van der Waals surface area contributed by atoms with Crippen LogP contribution < -0.4 is 10.7 Å². The summed E-state index contributed by atoms with van der Waals surface area (Å²) < 4.78 is 0. The number of carboxylic acid groups (broad SMARTS) is 1. The smallest absolute Gasteiger partial charge is 0.337 e. The number of hydrogen-bond donors (Lipinski definition) is 3. The number of rotatable bonds is 3. The van der Waals surface area contributed by atoms with Crippen molar-refractivity contribution in [3.8, 4) is 0 Å². The van der Waals surface area contributed by atoms with E-state index in [0.717, 1.165) is 0 Å². The summed E-state index contributed by atoms with van der Waals surface area (Å²) in [6, 6.07) is 5.30. The number of carboxylic acids is 1. The zero-order valence-electron chi connectivity index (χ0n) is 10.9. The third-order valence-corrected chi connectivity index (χ3v) is 3.07. The van der Waals surface area contributed by atoms with Gasteiger partial charge in [0, 0.05) is 23.6 Å². The number of carbonyl (C=O) groups is 2. The van der Waals surface area contributed by atoms with Gasteiger partial charge < -0.3 is 15.4 Å². The number of pyridine rings is 1. The summed E-state index contributed by atoms with van der Waals surface area (Å²) in [5, 5.41) is 11.3. The van der Waals surface area contributed by atoms with E-state index in [1.54, 1.807) is 6.92 Å². The summed E-state index contributed by atoms with van der Waals surface area (Å²) in [5.74, 6) is -1.76. The molecule has 1 aromatic carbocycles. The zero-order valence-corrected chi connectivity index (χ0v) is 11.7. The number of benzene rings is 1. The lowest BCUT2D eigenvalue weighted by atomic mass is 10.2. The van der Waals surface area contributed by atoms with E-state index in [2.05, 4.69) is 10.3 Å². The maximum absolute atomic E-state index is 12.0. The van der Waals surface area contributed by atoms with Crippen molar-refractivity contribution >= 4 is 29.2 Å². The summed E-state index contributed by atoms with van der Waals surface area (Å²) in [6.45, 7) is 1.70. The van der Waals surface area contributed by atoms with E-state index in [1.165, 1.54) is 30.5 Å². The Kier molecular flexibility index (Phi) is 4.09. The fourth-order valence-corrected chi connectivity index (χ4v) is 1.98. The standard InChI is InChI=1S/C14H11ClN2O4/c1-7-4-12(18)10(6-16-7)13(19)17-8-2-3-9(14(20)21)11(15)5-8/h2-6H,1H3,(H,16,18)(H,17,19)(H,20,21). The quantitative estimate of drug-likeness (QED) is 0.810. The van der Waals surface area contributed by atoms with E-state index in [0.29, 0.717) is 11.4 Å². The van der Waals surface area contributed by atoms with Gasteiger partial charge in [-0.1, -0.05) is 11.6 Å². The number of aromatic nitrogens is 1. The van der Waals surface area contributed by atoms with E-state index in [-0.39, 0.29) is 16.1 Å². The monoisotopic (exact) mass is 306 g/mol. The lowest BCUT2D eigenvalue weighted by molar-refractivity contribution is 0.0697. The van der Waals surface area contributed by atoms with Crippen LogP contribution in [-0.4, -0.2) is 22.0 Å². The van der Waals surface area contributed by atoms with Gasteiger partial charge in [-0.3, -0.25) is 9.59 Å². The van der Waals surface area contributed by atoms with Crippen LogP contribution in [0.5, 0.6) is 0 Å². The molecule has 0 aliphatic heterocycles. The number of nitrogens with one attached hydrogen (secondary N) is 2. The van der Waals surface area contributed by atoms with Crippen molar-refractivity contribution < 1.29 is 14.7 Å². The summed E-state index contributed by atoms with van der Waals surface area (Å²) in [7, 11) is 0. The molecule has 0 saturated carbocycles. The first-order chi connectivity index (χ1) is 9.88. The Bertz CT molecular complexity index is 783. The van der Waals surface area contributed by atoms with Gasteiger partial charge in [0.05, 0.1) is 10.6 Å². The number of amides is 1. The van der Waals surface area contributed by atoms with Crippen molar-refractivity contribution in [1.82, 2.24) is 4.98 Å². The van der Waals surface area contributed by atoms with Gasteiger partial charge >= 0.3 is 5.97 Å². The molecule has 1 aromatic heterocycles. The minimum absolute atomic E-state index is 0.00174. The number of anilines is 1. The summed E-state index contributed by atoms with van der Waals surface area (Å²) in [6.07, 6.45) is 1.32. The molecule has 1 heterocycles. The Morgan fingerprint density at radius 2 is 1.95 bits per heavy atom. The number of aryl methyl sites for hydroxylation is 1. The third kappa shape index (κ3) is 3.29. The van der Waals surface area contributed by atoms with Crippen molar-refractivity contribution in [2.75, 3.05) is 5.32 Å². The van der Waals surface area contributed by atoms with E-state index < -0.39 is 17.3 Å². The van der Waals surface area contributed by atoms with E-state index in [1.807, 2.05) is 0 Å². The van der Waals surface area contributed by atoms with E-state index in [4.69, 9.17) is 16.7 Å². The first-order valence-electron chi connectivity index (χ1n) is 5.92. The molecule has 108 valence electrons. The van der Waals surface area contributed by atoms with Gasteiger partial charge in [-0.05, 0) is 25.1 Å². The average Bonchev–Trinajstić information content (AvgIpc) is 2.37. The zero-order chi connectivity index (χ0) is 15.6. The molecule has 0 aliphatic carbocycles. The van der Waals surface area contributed by atoms with Crippen LogP contribution in [0.25, 0.3) is 0 Å². The van der Waals surface area contributed by atoms with Crippen LogP contribution in [0.15, 0.2) is 35.3 Å². The number of halogens is 1. The lowest BCUT2D eigenvalue weighted by Gasteiger charge is -2.07. The van der Waals surface area contributed by atoms with Crippen LogP contribution in [0.4, 0.5) is 5.69 Å². The molecular formula is C14H11ClN2O4. The van der Waals surface area contributed by atoms with Gasteiger partial charge in [-0.15, -0.1) is 0 Å². The summed E-state index contributed by atoms with van der Waals surface area (Å²) in [5.41, 5.74) is 0.430. The molecule has 0 fully saturated rings. The third-order valence-electron chi connectivity index (χ3n) is 2.76. The molecule has 0 unspecified atom stereocenters. The summed E-state index contributed by atoms with van der Waals surface area (Å²) >= 11 is 5.81. The Morgan fingerprint density at radius 1 is 1.24 bits per heavy atom. The highest BCUT2D eigenvalue weighted by molar-refractivity contribution is 6.33. The Morgan fingerprint density at radius 3 is 2.52 bits per heavy atom. The fourth-order valence-electron chi connectivity index (χ4n) is 1.72. The highest BCUT2D eigenvalue weighted by Crippen LogP contribution is 2.21. The molecule has 7 heteroatoms. The predicted octanol–water partition coefficient (Wildman–Crippen LogP) is 2.29. The first-order valence-corrected chi connectivity index (χ1v) is 6.30. The fraction of sp³-hybridized carbons (Fsp3) is 0.0714. The number of carbonyl (C=O) groups excluding carboxylic acids is 1. The van der Waals surface area contributed by atoms with Gasteiger partial charge in [0.15, 0.2) is 5.43 Å². The average molecular weight is 307 g/mol. The second-order valence-corrected chi connectivity index (χ2v) is 4.76. The second-order valence-electron chi connectivity index (χ2n) is 4.35. The highest BCUT2D eigenvalue weighted by Gasteiger charge is 2.13. The topological polar surface area (TPSA) is 99.3 Å². The van der Waals surface area contributed by atoms with Crippen LogP contribution in [0, 0.1) is 6.92 Å². The van der Waals surface area contributed by atoms with Gasteiger partial charge in [0.25, 0.3) is 5.91 Å². The predicted molar refractivity (Wildman–Crippen MR) is 78.2 cm³/mol. The minimum atomic E-state index is -1.16. The number of aromatic carboxylic acids is 1. The number of hydrogen-bond acceptors (Lipinski definition) is 3. The molecule has 2 aromatic rings. The Hall–Kier alpha value is -2.60. The van der Waals surface area contributed by atoms with E-state index in [9.17, 15) is 14.4 Å². The van der Waals surface area contributed by atoms with Crippen LogP contribution in [-0.2, 0) is 0 Å². The van der Waals surface area contributed by atoms with Crippen molar-refractivity contribution in [2.24, 2.45) is 0 Å². The van der Waals surface area contributed by atoms with Gasteiger partial charge in [0.2, 0.25) is 0 Å². The molecule has 0 saturated heterocycles. The molecule has 0 bridgehead atoms. The largest absolute Gasteiger partial charge is 0.478 e. The highest BCUT2D eigenvalue weighted by atomic mass is 35.5. The van der Waals surface area contributed by atoms with Gasteiger partial charge in [-0.2, -0.15) is 0 Å². The van der Waals surface area contributed by atoms with Gasteiger partial charge in [-0.25, -0.2) is 4.79 Å². The van der Waals surface area contributed by atoms with Crippen molar-refractivity contribution in [1.29, 1.82) is 0 Å². The molecule has 6 nitrogen and oxygen atoms in total. The van der Waals surface area contributed by atoms with Crippen LogP contribution in [0.1, 0.15) is 26.4 Å². The SMILES string of the molecule is Cc1cc(=O)c(C(=O)Nc2ccc(C(=O)O)c(Cl)c2)c[nH]1. The minimum Gasteiger partial charge on any atom is -0.478 e. The molecule has 2 rings (SSSR count). The molecule has 0 aliphatic rings. The maximum Gasteiger partial charge on any atom is 0.337 e. The number of H-pyrrole nitrogens is 1. The molecule has 0 spiro atoms. The molecule has 3 N–H and O–H groups in total. The first kappa shape index (κ1) is 14.8. The van der Waals surface area contributed by atoms with Gasteiger partial charge in [0.1, 0.15) is 5.56 Å². The molecule has 21 heavy (non-hydrogen) atoms. The normalized spacial score (nSPS) is 10.2. The summed E-state index contributed by atoms with van der Waals surface area (Å²) in [4.78, 5) is 37.3. The maximum atomic E-state index is 12.0. The lowest BCUT2D eigenvalue weighted by Crippen LogP contribution is -2.21. The van der Waals surface area contributed by atoms with E-state index >= 15 is 0 Å². The van der Waals surface area contributed by atoms with Crippen molar-refractivity contribution in [2.45, 2.75) is 6.92 Å². The Balaban J connectivity index is 2.26.